The van der Waals surface area contributed by atoms with Crippen molar-refractivity contribution < 1.29 is 4.79 Å². The summed E-state index contributed by atoms with van der Waals surface area (Å²) in [6.07, 6.45) is 1.38. The molecule has 2 aromatic carbocycles. The Bertz CT molecular complexity index is 749. The predicted molar refractivity (Wildman–Crippen MR) is 128 cm³/mol. The minimum absolute atomic E-state index is 0. The molecule has 0 fully saturated rings. The highest BCUT2D eigenvalue weighted by Crippen LogP contribution is 2.13. The SMILES string of the molecule is CCCC(=O)Nc1cccc(CNC(=NC)NCC(C)c2ccccc2)c1.I. The van der Waals surface area contributed by atoms with Crippen molar-refractivity contribution in [3.8, 4) is 0 Å². The third kappa shape index (κ3) is 8.29. The van der Waals surface area contributed by atoms with Crippen molar-refractivity contribution in [3.63, 3.8) is 0 Å². The van der Waals surface area contributed by atoms with Gasteiger partial charge in [0.05, 0.1) is 0 Å². The molecular formula is C22H31IN4O. The summed E-state index contributed by atoms with van der Waals surface area (Å²) in [5.74, 6) is 1.20. The number of nitrogens with zero attached hydrogens (tertiary/aromatic N) is 1. The zero-order valence-corrected chi connectivity index (χ0v) is 19.2. The number of amides is 1. The highest BCUT2D eigenvalue weighted by molar-refractivity contribution is 14.0. The van der Waals surface area contributed by atoms with E-state index in [0.29, 0.717) is 18.9 Å². The summed E-state index contributed by atoms with van der Waals surface area (Å²) in [6, 6.07) is 18.3. The van der Waals surface area contributed by atoms with E-state index in [4.69, 9.17) is 0 Å². The van der Waals surface area contributed by atoms with Crippen molar-refractivity contribution in [2.45, 2.75) is 39.2 Å². The first-order chi connectivity index (χ1) is 13.1. The fourth-order valence-corrected chi connectivity index (χ4v) is 2.77. The fourth-order valence-electron chi connectivity index (χ4n) is 2.77. The van der Waals surface area contributed by atoms with Crippen LogP contribution in [0.2, 0.25) is 0 Å². The molecule has 5 nitrogen and oxygen atoms in total. The molecule has 0 saturated heterocycles. The number of carbonyl (C=O) groups excluding carboxylic acids is 1. The summed E-state index contributed by atoms with van der Waals surface area (Å²) in [6.45, 7) is 5.63. The van der Waals surface area contributed by atoms with Crippen LogP contribution >= 0.6 is 24.0 Å². The first-order valence-electron chi connectivity index (χ1n) is 9.50. The first-order valence-corrected chi connectivity index (χ1v) is 9.50. The molecule has 6 heteroatoms. The van der Waals surface area contributed by atoms with Gasteiger partial charge in [0.2, 0.25) is 5.91 Å². The summed E-state index contributed by atoms with van der Waals surface area (Å²) >= 11 is 0. The lowest BCUT2D eigenvalue weighted by Crippen LogP contribution is -2.38. The number of carbonyl (C=O) groups is 1. The van der Waals surface area contributed by atoms with E-state index >= 15 is 0 Å². The number of benzene rings is 2. The van der Waals surface area contributed by atoms with Crippen LogP contribution in [0, 0.1) is 0 Å². The van der Waals surface area contributed by atoms with E-state index in [-0.39, 0.29) is 29.9 Å². The van der Waals surface area contributed by atoms with E-state index in [1.54, 1.807) is 7.05 Å². The Hall–Kier alpha value is -2.09. The van der Waals surface area contributed by atoms with Crippen molar-refractivity contribution in [1.29, 1.82) is 0 Å². The summed E-state index contributed by atoms with van der Waals surface area (Å²) < 4.78 is 0. The molecule has 28 heavy (non-hydrogen) atoms. The van der Waals surface area contributed by atoms with Gasteiger partial charge in [0.15, 0.2) is 5.96 Å². The molecule has 0 aromatic heterocycles. The van der Waals surface area contributed by atoms with Crippen LogP contribution in [0.5, 0.6) is 0 Å². The Morgan fingerprint density at radius 2 is 1.82 bits per heavy atom. The molecule has 2 aromatic rings. The van der Waals surface area contributed by atoms with Gasteiger partial charge in [0.1, 0.15) is 0 Å². The summed E-state index contributed by atoms with van der Waals surface area (Å²) in [4.78, 5) is 16.0. The molecule has 2 rings (SSSR count). The van der Waals surface area contributed by atoms with Gasteiger partial charge in [-0.2, -0.15) is 0 Å². The fraction of sp³-hybridized carbons (Fsp3) is 0.364. The normalized spacial score (nSPS) is 11.9. The largest absolute Gasteiger partial charge is 0.356 e. The standard InChI is InChI=1S/C22H30N4O.HI/c1-4-9-21(27)26-20-13-8-10-18(14-20)16-25-22(23-3)24-15-17(2)19-11-6-5-7-12-19;/h5-8,10-14,17H,4,9,15-16H2,1-3H3,(H,26,27)(H2,23,24,25);1H. The highest BCUT2D eigenvalue weighted by Gasteiger charge is 2.07. The summed E-state index contributed by atoms with van der Waals surface area (Å²) in [5, 5.41) is 9.63. The lowest BCUT2D eigenvalue weighted by atomic mass is 10.0. The van der Waals surface area contributed by atoms with Crippen LogP contribution in [0.1, 0.15) is 43.7 Å². The van der Waals surface area contributed by atoms with Gasteiger partial charge in [-0.3, -0.25) is 9.79 Å². The number of guanidine groups is 1. The molecule has 0 radical (unpaired) electrons. The second-order valence-corrected chi connectivity index (χ2v) is 6.62. The number of rotatable bonds is 8. The molecule has 1 atom stereocenters. The number of anilines is 1. The Balaban J connectivity index is 0.00000392. The van der Waals surface area contributed by atoms with Crippen molar-refractivity contribution in [2.24, 2.45) is 4.99 Å². The van der Waals surface area contributed by atoms with Crippen LogP contribution in [0.4, 0.5) is 5.69 Å². The van der Waals surface area contributed by atoms with E-state index < -0.39 is 0 Å². The molecule has 0 spiro atoms. The zero-order chi connectivity index (χ0) is 19.5. The van der Waals surface area contributed by atoms with Crippen molar-refractivity contribution in [3.05, 3.63) is 65.7 Å². The van der Waals surface area contributed by atoms with Gasteiger partial charge in [-0.25, -0.2) is 0 Å². The van der Waals surface area contributed by atoms with Gasteiger partial charge in [0.25, 0.3) is 0 Å². The highest BCUT2D eigenvalue weighted by atomic mass is 127. The molecule has 152 valence electrons. The van der Waals surface area contributed by atoms with Crippen LogP contribution in [-0.4, -0.2) is 25.5 Å². The second-order valence-electron chi connectivity index (χ2n) is 6.62. The lowest BCUT2D eigenvalue weighted by molar-refractivity contribution is -0.116. The zero-order valence-electron chi connectivity index (χ0n) is 16.9. The number of nitrogens with one attached hydrogen (secondary N) is 3. The topological polar surface area (TPSA) is 65.5 Å². The summed E-state index contributed by atoms with van der Waals surface area (Å²) in [7, 11) is 1.77. The number of hydrogen-bond donors (Lipinski definition) is 3. The van der Waals surface area contributed by atoms with Crippen LogP contribution in [0.15, 0.2) is 59.6 Å². The first kappa shape index (κ1) is 23.9. The monoisotopic (exact) mass is 494 g/mol. The molecule has 3 N–H and O–H groups in total. The quantitative estimate of drug-likeness (QED) is 0.288. The van der Waals surface area contributed by atoms with E-state index in [9.17, 15) is 4.79 Å². The minimum atomic E-state index is 0. The predicted octanol–water partition coefficient (Wildman–Crippen LogP) is 4.51. The molecule has 0 aliphatic rings. The van der Waals surface area contributed by atoms with Gasteiger partial charge in [-0.1, -0.05) is 56.3 Å². The van der Waals surface area contributed by atoms with E-state index in [1.165, 1.54) is 5.56 Å². The third-order valence-corrected chi connectivity index (χ3v) is 4.32. The average molecular weight is 494 g/mol. The van der Waals surface area contributed by atoms with Crippen molar-refractivity contribution >= 4 is 41.5 Å². The second kappa shape index (κ2) is 13.1. The molecule has 0 saturated carbocycles. The van der Waals surface area contributed by atoms with E-state index in [1.807, 2.05) is 37.3 Å². The Labute approximate surface area is 185 Å². The minimum Gasteiger partial charge on any atom is -0.356 e. The van der Waals surface area contributed by atoms with Gasteiger partial charge < -0.3 is 16.0 Å². The Morgan fingerprint density at radius 1 is 1.07 bits per heavy atom. The Morgan fingerprint density at radius 3 is 2.50 bits per heavy atom. The Kier molecular flexibility index (Phi) is 11.2. The smallest absolute Gasteiger partial charge is 0.224 e. The molecule has 0 heterocycles. The lowest BCUT2D eigenvalue weighted by Gasteiger charge is -2.16. The van der Waals surface area contributed by atoms with Crippen LogP contribution < -0.4 is 16.0 Å². The van der Waals surface area contributed by atoms with Gasteiger partial charge >= 0.3 is 0 Å². The van der Waals surface area contributed by atoms with Crippen molar-refractivity contribution in [1.82, 2.24) is 10.6 Å². The molecule has 1 amide bonds. The average Bonchev–Trinajstić information content (AvgIpc) is 2.69. The summed E-state index contributed by atoms with van der Waals surface area (Å²) in [5.41, 5.74) is 3.22. The molecule has 0 aliphatic heterocycles. The van der Waals surface area contributed by atoms with Crippen LogP contribution in [0.25, 0.3) is 0 Å². The maximum Gasteiger partial charge on any atom is 0.224 e. The maximum absolute atomic E-state index is 11.7. The molecule has 1 unspecified atom stereocenters. The van der Waals surface area contributed by atoms with Crippen LogP contribution in [0.3, 0.4) is 0 Å². The van der Waals surface area contributed by atoms with E-state index in [0.717, 1.165) is 30.2 Å². The van der Waals surface area contributed by atoms with Gasteiger partial charge in [0, 0.05) is 32.2 Å². The van der Waals surface area contributed by atoms with Crippen LogP contribution in [-0.2, 0) is 11.3 Å². The van der Waals surface area contributed by atoms with Crippen molar-refractivity contribution in [2.75, 3.05) is 18.9 Å². The van der Waals surface area contributed by atoms with Gasteiger partial charge in [-0.05, 0) is 35.6 Å². The number of hydrogen-bond acceptors (Lipinski definition) is 2. The third-order valence-electron chi connectivity index (χ3n) is 4.32. The number of aliphatic imine (C=N–C) groups is 1. The van der Waals surface area contributed by atoms with Gasteiger partial charge in [-0.15, -0.1) is 24.0 Å². The van der Waals surface area contributed by atoms with E-state index in [2.05, 4.69) is 52.1 Å². The maximum atomic E-state index is 11.7. The molecule has 0 aliphatic carbocycles. The molecule has 0 bridgehead atoms. The molecular weight excluding hydrogens is 463 g/mol. The number of halogens is 1.